The summed E-state index contributed by atoms with van der Waals surface area (Å²) in [6.45, 7) is 6.28. The van der Waals surface area contributed by atoms with E-state index < -0.39 is 0 Å². The van der Waals surface area contributed by atoms with Crippen LogP contribution >= 0.6 is 0 Å². The molecule has 0 amide bonds. The van der Waals surface area contributed by atoms with Crippen molar-refractivity contribution >= 4 is 0 Å². The number of hydrogen-bond acceptors (Lipinski definition) is 2. The van der Waals surface area contributed by atoms with Gasteiger partial charge in [-0.3, -0.25) is 0 Å². The second-order valence-electron chi connectivity index (χ2n) is 4.41. The molecule has 15 heavy (non-hydrogen) atoms. The van der Waals surface area contributed by atoms with E-state index in [9.17, 15) is 5.11 Å². The van der Waals surface area contributed by atoms with Crippen LogP contribution in [0.15, 0.2) is 18.2 Å². The van der Waals surface area contributed by atoms with Crippen molar-refractivity contribution < 1.29 is 5.11 Å². The highest BCUT2D eigenvalue weighted by Crippen LogP contribution is 2.28. The molecule has 0 fully saturated rings. The molecule has 0 aliphatic carbocycles. The van der Waals surface area contributed by atoms with Gasteiger partial charge >= 0.3 is 0 Å². The third-order valence-corrected chi connectivity index (χ3v) is 2.71. The highest BCUT2D eigenvalue weighted by molar-refractivity contribution is 5.38. The minimum Gasteiger partial charge on any atom is -0.508 e. The van der Waals surface area contributed by atoms with E-state index in [0.717, 1.165) is 18.4 Å². The maximum atomic E-state index is 9.74. The summed E-state index contributed by atoms with van der Waals surface area (Å²) in [6.07, 6.45) is 2.15. The predicted molar refractivity (Wildman–Crippen MR) is 63.9 cm³/mol. The zero-order valence-electron chi connectivity index (χ0n) is 9.83. The summed E-state index contributed by atoms with van der Waals surface area (Å²) in [5.74, 6) is 0.656. The molecule has 1 atom stereocenters. The molecule has 0 aliphatic rings. The molecule has 1 aromatic rings. The molecule has 0 aliphatic heterocycles. The molecule has 1 unspecified atom stereocenters. The smallest absolute Gasteiger partial charge is 0.120 e. The van der Waals surface area contributed by atoms with Crippen molar-refractivity contribution in [3.63, 3.8) is 0 Å². The minimum atomic E-state index is -0.0817. The topological polar surface area (TPSA) is 46.2 Å². The van der Waals surface area contributed by atoms with Gasteiger partial charge in [0.15, 0.2) is 0 Å². The van der Waals surface area contributed by atoms with Gasteiger partial charge in [-0.15, -0.1) is 0 Å². The van der Waals surface area contributed by atoms with Crippen LogP contribution in [-0.2, 0) is 6.42 Å². The highest BCUT2D eigenvalue weighted by Gasteiger charge is 2.14. The Morgan fingerprint density at radius 2 is 2.00 bits per heavy atom. The molecular formula is C13H21NO. The Bertz CT molecular complexity index is 320. The molecule has 0 saturated heterocycles. The zero-order chi connectivity index (χ0) is 11.4. The van der Waals surface area contributed by atoms with Crippen LogP contribution in [0.5, 0.6) is 5.75 Å². The highest BCUT2D eigenvalue weighted by atomic mass is 16.3. The van der Waals surface area contributed by atoms with Gasteiger partial charge in [0.25, 0.3) is 0 Å². The third-order valence-electron chi connectivity index (χ3n) is 2.71. The first-order chi connectivity index (χ1) is 7.06. The van der Waals surface area contributed by atoms with E-state index in [1.165, 1.54) is 5.56 Å². The van der Waals surface area contributed by atoms with Crippen LogP contribution in [0.2, 0.25) is 0 Å². The van der Waals surface area contributed by atoms with Crippen LogP contribution in [0.1, 0.15) is 44.4 Å². The van der Waals surface area contributed by atoms with Crippen LogP contribution in [0.3, 0.4) is 0 Å². The molecule has 2 heteroatoms. The van der Waals surface area contributed by atoms with Crippen LogP contribution in [0.4, 0.5) is 0 Å². The molecule has 1 aromatic carbocycles. The summed E-state index contributed by atoms with van der Waals surface area (Å²) < 4.78 is 0. The quantitative estimate of drug-likeness (QED) is 0.797. The average molecular weight is 207 g/mol. The molecule has 0 bridgehead atoms. The summed E-state index contributed by atoms with van der Waals surface area (Å²) in [5, 5.41) is 9.74. The minimum absolute atomic E-state index is 0.0817. The summed E-state index contributed by atoms with van der Waals surface area (Å²) in [5.41, 5.74) is 8.17. The van der Waals surface area contributed by atoms with E-state index in [1.807, 2.05) is 12.1 Å². The van der Waals surface area contributed by atoms with Crippen LogP contribution < -0.4 is 5.73 Å². The van der Waals surface area contributed by atoms with E-state index in [-0.39, 0.29) is 6.04 Å². The van der Waals surface area contributed by atoms with Crippen molar-refractivity contribution in [1.29, 1.82) is 0 Å². The number of phenols is 1. The summed E-state index contributed by atoms with van der Waals surface area (Å²) in [6, 6.07) is 5.67. The van der Waals surface area contributed by atoms with E-state index in [4.69, 9.17) is 5.73 Å². The van der Waals surface area contributed by atoms with Crippen molar-refractivity contribution in [2.45, 2.75) is 39.7 Å². The van der Waals surface area contributed by atoms with Gasteiger partial charge in [-0.25, -0.2) is 0 Å². The Morgan fingerprint density at radius 1 is 1.33 bits per heavy atom. The Labute approximate surface area is 92.1 Å². The zero-order valence-corrected chi connectivity index (χ0v) is 9.83. The first-order valence-electron chi connectivity index (χ1n) is 5.63. The lowest BCUT2D eigenvalue weighted by atomic mass is 9.94. The normalized spacial score (nSPS) is 13.1. The summed E-state index contributed by atoms with van der Waals surface area (Å²) in [4.78, 5) is 0. The van der Waals surface area contributed by atoms with Gasteiger partial charge in [-0.1, -0.05) is 39.3 Å². The Balaban J connectivity index is 2.99. The van der Waals surface area contributed by atoms with Gasteiger partial charge in [0.1, 0.15) is 5.75 Å². The van der Waals surface area contributed by atoms with Gasteiger partial charge in [0, 0.05) is 11.6 Å². The van der Waals surface area contributed by atoms with E-state index in [1.54, 1.807) is 6.07 Å². The fraction of sp³-hybridized carbons (Fsp3) is 0.538. The standard InChI is InChI=1S/C13H21NO/c1-4-5-10-6-7-12(15)11(8-10)13(14)9(2)3/h6-9,13,15H,4-5,14H2,1-3H3. The molecule has 0 heterocycles. The van der Waals surface area contributed by atoms with Crippen LogP contribution in [0.25, 0.3) is 0 Å². The van der Waals surface area contributed by atoms with E-state index in [2.05, 4.69) is 20.8 Å². The molecule has 3 N–H and O–H groups in total. The number of nitrogens with two attached hydrogens (primary N) is 1. The molecule has 0 spiro atoms. The maximum Gasteiger partial charge on any atom is 0.120 e. The third kappa shape index (κ3) is 2.96. The Kier molecular flexibility index (Phi) is 4.15. The van der Waals surface area contributed by atoms with Crippen LogP contribution in [-0.4, -0.2) is 5.11 Å². The lowest BCUT2D eigenvalue weighted by molar-refractivity contribution is 0.439. The molecule has 84 valence electrons. The van der Waals surface area contributed by atoms with Crippen molar-refractivity contribution in [3.8, 4) is 5.75 Å². The van der Waals surface area contributed by atoms with Gasteiger partial charge < -0.3 is 10.8 Å². The number of hydrogen-bond donors (Lipinski definition) is 2. The first kappa shape index (κ1) is 12.1. The van der Waals surface area contributed by atoms with Gasteiger partial charge in [0.2, 0.25) is 0 Å². The Hall–Kier alpha value is -1.02. The fourth-order valence-corrected chi connectivity index (χ4v) is 1.67. The number of rotatable bonds is 4. The molecule has 0 saturated carbocycles. The monoisotopic (exact) mass is 207 g/mol. The average Bonchev–Trinajstić information content (AvgIpc) is 2.20. The predicted octanol–water partition coefficient (Wildman–Crippen LogP) is 3.00. The molecule has 0 radical (unpaired) electrons. The Morgan fingerprint density at radius 3 is 2.53 bits per heavy atom. The molecule has 1 rings (SSSR count). The molecule has 2 nitrogen and oxygen atoms in total. The number of benzene rings is 1. The lowest BCUT2D eigenvalue weighted by Crippen LogP contribution is -2.17. The second kappa shape index (κ2) is 5.17. The molecule has 0 aromatic heterocycles. The second-order valence-corrected chi connectivity index (χ2v) is 4.41. The first-order valence-corrected chi connectivity index (χ1v) is 5.63. The van der Waals surface area contributed by atoms with E-state index >= 15 is 0 Å². The van der Waals surface area contributed by atoms with Gasteiger partial charge in [-0.2, -0.15) is 0 Å². The maximum absolute atomic E-state index is 9.74. The SMILES string of the molecule is CCCc1ccc(O)c(C(N)C(C)C)c1. The largest absolute Gasteiger partial charge is 0.508 e. The fourth-order valence-electron chi connectivity index (χ4n) is 1.67. The van der Waals surface area contributed by atoms with Crippen molar-refractivity contribution in [3.05, 3.63) is 29.3 Å². The van der Waals surface area contributed by atoms with Gasteiger partial charge in [0.05, 0.1) is 0 Å². The van der Waals surface area contributed by atoms with Crippen molar-refractivity contribution in [2.24, 2.45) is 11.7 Å². The number of aryl methyl sites for hydroxylation is 1. The van der Waals surface area contributed by atoms with Crippen LogP contribution in [0, 0.1) is 5.92 Å². The molecular weight excluding hydrogens is 186 g/mol. The van der Waals surface area contributed by atoms with Gasteiger partial charge in [-0.05, 0) is 24.0 Å². The number of phenolic OH excluding ortho intramolecular Hbond substituents is 1. The number of aromatic hydroxyl groups is 1. The van der Waals surface area contributed by atoms with Crippen molar-refractivity contribution in [1.82, 2.24) is 0 Å². The van der Waals surface area contributed by atoms with Crippen molar-refractivity contribution in [2.75, 3.05) is 0 Å². The summed E-state index contributed by atoms with van der Waals surface area (Å²) in [7, 11) is 0. The summed E-state index contributed by atoms with van der Waals surface area (Å²) >= 11 is 0. The van der Waals surface area contributed by atoms with E-state index in [0.29, 0.717) is 11.7 Å². The lowest BCUT2D eigenvalue weighted by Gasteiger charge is -2.18.